The third kappa shape index (κ3) is 1.38. The van der Waals surface area contributed by atoms with Gasteiger partial charge in [-0.3, -0.25) is 0 Å². The molecule has 0 saturated carbocycles. The molecule has 0 aromatic carbocycles. The van der Waals surface area contributed by atoms with Gasteiger partial charge in [-0.1, -0.05) is 12.2 Å². The van der Waals surface area contributed by atoms with E-state index < -0.39 is 6.09 Å². The van der Waals surface area contributed by atoms with Crippen molar-refractivity contribution < 1.29 is 14.6 Å². The van der Waals surface area contributed by atoms with Gasteiger partial charge in [-0.25, -0.2) is 9.69 Å². The van der Waals surface area contributed by atoms with Crippen LogP contribution in [0.5, 0.6) is 0 Å². The third-order valence-corrected chi connectivity index (χ3v) is 1.99. The molecule has 0 saturated heterocycles. The van der Waals surface area contributed by atoms with Gasteiger partial charge in [-0.2, -0.15) is 0 Å². The predicted octanol–water partition coefficient (Wildman–Crippen LogP) is 0.325. The summed E-state index contributed by atoms with van der Waals surface area (Å²) in [4.78, 5) is 11.9. The highest BCUT2D eigenvalue weighted by molar-refractivity contribution is 5.68. The van der Waals surface area contributed by atoms with Crippen LogP contribution in [0.15, 0.2) is 23.5 Å². The van der Waals surface area contributed by atoms with Gasteiger partial charge in [0.1, 0.15) is 12.6 Å². The number of dihydropyridines is 1. The number of nitrogens with zero attached hydrogens (tertiary/aromatic N) is 1. The summed E-state index contributed by atoms with van der Waals surface area (Å²) >= 11 is 0. The second-order valence-electron chi connectivity index (χ2n) is 2.85. The number of carboxylic acid groups (broad SMARTS) is 1. The smallest absolute Gasteiger partial charge is 0.414 e. The molecule has 2 N–H and O–H groups in total. The first-order valence-corrected chi connectivity index (χ1v) is 4.01. The van der Waals surface area contributed by atoms with Crippen LogP contribution in [0.1, 0.15) is 0 Å². The quantitative estimate of drug-likeness (QED) is 0.566. The largest absolute Gasteiger partial charge is 0.465 e. The second-order valence-corrected chi connectivity index (χ2v) is 2.85. The summed E-state index contributed by atoms with van der Waals surface area (Å²) in [7, 11) is 0. The Morgan fingerprint density at radius 2 is 2.54 bits per heavy atom. The summed E-state index contributed by atoms with van der Waals surface area (Å²) in [6.45, 7) is 1.25. The van der Waals surface area contributed by atoms with E-state index in [0.717, 1.165) is 5.57 Å². The summed E-state index contributed by atoms with van der Waals surface area (Å²) in [6, 6.07) is 0. The number of hydrogen-bond donors (Lipinski definition) is 2. The topological polar surface area (TPSA) is 61.8 Å². The minimum absolute atomic E-state index is 0.106. The zero-order valence-corrected chi connectivity index (χ0v) is 6.99. The highest BCUT2D eigenvalue weighted by atomic mass is 16.5. The first-order valence-electron chi connectivity index (χ1n) is 4.01. The average molecular weight is 182 g/mol. The summed E-state index contributed by atoms with van der Waals surface area (Å²) in [5.74, 6) is 0.654. The summed E-state index contributed by atoms with van der Waals surface area (Å²) in [6.07, 6.45) is 2.84. The van der Waals surface area contributed by atoms with E-state index in [4.69, 9.17) is 9.84 Å². The molecule has 2 aliphatic heterocycles. The zero-order chi connectivity index (χ0) is 9.26. The molecule has 0 aromatic heterocycles. The van der Waals surface area contributed by atoms with Crippen LogP contribution in [0.3, 0.4) is 0 Å². The van der Waals surface area contributed by atoms with Crippen LogP contribution in [-0.4, -0.2) is 36.0 Å². The first kappa shape index (κ1) is 8.12. The maximum atomic E-state index is 10.8. The van der Waals surface area contributed by atoms with E-state index in [9.17, 15) is 4.79 Å². The molecule has 0 aromatic rings. The molecule has 0 radical (unpaired) electrons. The van der Waals surface area contributed by atoms with E-state index in [-0.39, 0.29) is 6.73 Å². The molecule has 13 heavy (non-hydrogen) atoms. The minimum atomic E-state index is -0.991. The van der Waals surface area contributed by atoms with Gasteiger partial charge in [0.15, 0.2) is 0 Å². The molecule has 0 unspecified atom stereocenters. The van der Waals surface area contributed by atoms with Crippen LogP contribution in [0.2, 0.25) is 0 Å². The number of ether oxygens (including phenoxy) is 1. The fraction of sp³-hybridized carbons (Fsp3) is 0.375. The Labute approximate surface area is 75.3 Å². The Kier molecular flexibility index (Phi) is 1.94. The first-order chi connectivity index (χ1) is 6.29. The molecule has 2 aliphatic rings. The lowest BCUT2D eigenvalue weighted by Gasteiger charge is -2.31. The number of rotatable bonds is 0. The van der Waals surface area contributed by atoms with Gasteiger partial charge in [0, 0.05) is 12.1 Å². The zero-order valence-electron chi connectivity index (χ0n) is 6.99. The standard InChI is InChI=1S/C8H10N2O3/c11-8(12)10-5-13-4-6-2-1-3-9-7(6)10/h1-2,9H,3-5H2,(H,11,12). The Balaban J connectivity index is 2.30. The van der Waals surface area contributed by atoms with Gasteiger partial charge in [0.25, 0.3) is 0 Å². The van der Waals surface area contributed by atoms with Gasteiger partial charge in [-0.05, 0) is 0 Å². The van der Waals surface area contributed by atoms with Crippen LogP contribution in [0, 0.1) is 0 Å². The molecule has 1 amide bonds. The van der Waals surface area contributed by atoms with Gasteiger partial charge in [-0.15, -0.1) is 0 Å². The van der Waals surface area contributed by atoms with Gasteiger partial charge >= 0.3 is 6.09 Å². The maximum absolute atomic E-state index is 10.8. The number of nitrogens with one attached hydrogen (secondary N) is 1. The molecule has 5 nitrogen and oxygen atoms in total. The van der Waals surface area contributed by atoms with E-state index >= 15 is 0 Å². The fourth-order valence-corrected chi connectivity index (χ4v) is 1.40. The molecule has 2 heterocycles. The molecule has 0 fully saturated rings. The van der Waals surface area contributed by atoms with Gasteiger partial charge in [0.2, 0.25) is 0 Å². The number of carbonyl (C=O) groups is 1. The van der Waals surface area contributed by atoms with Crippen molar-refractivity contribution in [2.24, 2.45) is 0 Å². The summed E-state index contributed by atoms with van der Waals surface area (Å²) < 4.78 is 5.11. The lowest BCUT2D eigenvalue weighted by molar-refractivity contribution is 0.0384. The van der Waals surface area contributed by atoms with E-state index in [1.54, 1.807) is 0 Å². The van der Waals surface area contributed by atoms with Crippen molar-refractivity contribution in [3.63, 3.8) is 0 Å². The Hall–Kier alpha value is -1.49. The van der Waals surface area contributed by atoms with Gasteiger partial charge < -0.3 is 15.2 Å². The molecule has 0 atom stereocenters. The lowest BCUT2D eigenvalue weighted by atomic mass is 10.2. The molecule has 0 spiro atoms. The Morgan fingerprint density at radius 1 is 1.69 bits per heavy atom. The normalized spacial score (nSPS) is 21.1. The molecule has 0 aliphatic carbocycles. The molecule has 2 rings (SSSR count). The molecule has 5 heteroatoms. The van der Waals surface area contributed by atoms with Crippen LogP contribution in [-0.2, 0) is 4.74 Å². The highest BCUT2D eigenvalue weighted by Gasteiger charge is 2.25. The Bertz CT molecular complexity index is 296. The fourth-order valence-electron chi connectivity index (χ4n) is 1.40. The molecule has 70 valence electrons. The van der Waals surface area contributed by atoms with Crippen molar-refractivity contribution >= 4 is 6.09 Å². The van der Waals surface area contributed by atoms with Crippen molar-refractivity contribution in [1.29, 1.82) is 0 Å². The maximum Gasteiger partial charge on any atom is 0.414 e. The molecular formula is C8H10N2O3. The monoisotopic (exact) mass is 182 g/mol. The van der Waals surface area contributed by atoms with E-state index in [1.165, 1.54) is 4.90 Å². The van der Waals surface area contributed by atoms with Crippen LogP contribution in [0.4, 0.5) is 4.79 Å². The average Bonchev–Trinajstić information content (AvgIpc) is 2.17. The minimum Gasteiger partial charge on any atom is -0.465 e. The Morgan fingerprint density at radius 3 is 3.31 bits per heavy atom. The number of amides is 1. The predicted molar refractivity (Wildman–Crippen MR) is 44.9 cm³/mol. The van der Waals surface area contributed by atoms with Crippen molar-refractivity contribution in [3.8, 4) is 0 Å². The van der Waals surface area contributed by atoms with Crippen molar-refractivity contribution in [1.82, 2.24) is 10.2 Å². The molecular weight excluding hydrogens is 172 g/mol. The highest BCUT2D eigenvalue weighted by Crippen LogP contribution is 2.17. The summed E-state index contributed by atoms with van der Waals surface area (Å²) in [5.41, 5.74) is 0.889. The second kappa shape index (κ2) is 3.10. The third-order valence-electron chi connectivity index (χ3n) is 1.99. The van der Waals surface area contributed by atoms with Crippen LogP contribution < -0.4 is 5.32 Å². The van der Waals surface area contributed by atoms with Crippen LogP contribution >= 0.6 is 0 Å². The van der Waals surface area contributed by atoms with Crippen molar-refractivity contribution in [2.75, 3.05) is 19.9 Å². The lowest BCUT2D eigenvalue weighted by Crippen LogP contribution is -2.43. The SMILES string of the molecule is O=C(O)N1COCC2=C1NCC=C2. The van der Waals surface area contributed by atoms with E-state index in [2.05, 4.69) is 5.32 Å². The van der Waals surface area contributed by atoms with E-state index in [1.807, 2.05) is 12.2 Å². The summed E-state index contributed by atoms with van der Waals surface area (Å²) in [5, 5.41) is 11.8. The van der Waals surface area contributed by atoms with Crippen LogP contribution in [0.25, 0.3) is 0 Å². The van der Waals surface area contributed by atoms with Gasteiger partial charge in [0.05, 0.1) is 6.61 Å². The van der Waals surface area contributed by atoms with E-state index in [0.29, 0.717) is 19.0 Å². The van der Waals surface area contributed by atoms with Crippen molar-refractivity contribution in [3.05, 3.63) is 23.5 Å². The van der Waals surface area contributed by atoms with Crippen molar-refractivity contribution in [2.45, 2.75) is 0 Å². The number of hydrogen-bond acceptors (Lipinski definition) is 3. The molecule has 0 bridgehead atoms.